The van der Waals surface area contributed by atoms with Crippen LogP contribution >= 0.6 is 22.6 Å². The first kappa shape index (κ1) is 12.8. The van der Waals surface area contributed by atoms with Crippen molar-refractivity contribution in [3.8, 4) is 0 Å². The molecule has 1 aromatic rings. The number of aromatic nitrogens is 2. The summed E-state index contributed by atoms with van der Waals surface area (Å²) in [7, 11) is 0. The van der Waals surface area contributed by atoms with Crippen molar-refractivity contribution >= 4 is 28.2 Å². The molecule has 84 valence electrons. The molecular formula is C10H8F2IN3. The molecule has 1 aromatic heterocycles. The highest BCUT2D eigenvalue weighted by Crippen LogP contribution is 2.21. The van der Waals surface area contributed by atoms with E-state index in [1.807, 2.05) is 22.6 Å². The van der Waals surface area contributed by atoms with Crippen LogP contribution in [0.1, 0.15) is 5.69 Å². The van der Waals surface area contributed by atoms with Crippen LogP contribution in [-0.2, 0) is 0 Å². The van der Waals surface area contributed by atoms with Gasteiger partial charge in [-0.1, -0.05) is 6.58 Å². The van der Waals surface area contributed by atoms with Crippen molar-refractivity contribution in [1.29, 1.82) is 0 Å². The summed E-state index contributed by atoms with van der Waals surface area (Å²) >= 11 is 1.96. The lowest BCUT2D eigenvalue weighted by Crippen LogP contribution is -1.93. The predicted octanol–water partition coefficient (Wildman–Crippen LogP) is 2.72. The van der Waals surface area contributed by atoms with Gasteiger partial charge in [-0.15, -0.1) is 0 Å². The van der Waals surface area contributed by atoms with Crippen LogP contribution in [0.15, 0.2) is 42.9 Å². The molecule has 0 bridgehead atoms. The minimum Gasteiger partial charge on any atom is -0.376 e. The average Bonchev–Trinajstić information content (AvgIpc) is 2.17. The maximum absolute atomic E-state index is 13.1. The van der Waals surface area contributed by atoms with Gasteiger partial charge >= 0.3 is 0 Å². The zero-order chi connectivity index (χ0) is 12.1. The molecular weight excluding hydrogens is 327 g/mol. The van der Waals surface area contributed by atoms with Crippen LogP contribution in [0.3, 0.4) is 0 Å². The maximum atomic E-state index is 13.1. The highest BCUT2D eigenvalue weighted by molar-refractivity contribution is 14.1. The van der Waals surface area contributed by atoms with Gasteiger partial charge in [0.05, 0.1) is 5.69 Å². The van der Waals surface area contributed by atoms with E-state index in [1.165, 1.54) is 12.4 Å². The third-order valence-electron chi connectivity index (χ3n) is 1.61. The van der Waals surface area contributed by atoms with Gasteiger partial charge in [0.15, 0.2) is 5.95 Å². The van der Waals surface area contributed by atoms with E-state index >= 15 is 0 Å². The number of nitrogens with zero attached hydrogens (tertiary/aromatic N) is 2. The smallest absolute Gasteiger partial charge is 0.184 e. The number of rotatable bonds is 3. The molecule has 3 nitrogen and oxygen atoms in total. The number of hydrogen-bond acceptors (Lipinski definition) is 3. The van der Waals surface area contributed by atoms with E-state index < -0.39 is 11.8 Å². The average molecular weight is 335 g/mol. The first-order chi connectivity index (χ1) is 7.50. The molecule has 1 rings (SSSR count). The molecule has 16 heavy (non-hydrogen) atoms. The second-order valence-corrected chi connectivity index (χ2v) is 3.87. The van der Waals surface area contributed by atoms with Crippen molar-refractivity contribution in [1.82, 2.24) is 9.97 Å². The van der Waals surface area contributed by atoms with Crippen molar-refractivity contribution in [2.24, 2.45) is 5.73 Å². The van der Waals surface area contributed by atoms with E-state index in [1.54, 1.807) is 6.07 Å². The summed E-state index contributed by atoms with van der Waals surface area (Å²) in [4.78, 5) is 7.72. The SMILES string of the molecule is C=C(F)/C(=C\C=C(/N)F)c1cc(I)ncn1. The van der Waals surface area contributed by atoms with E-state index in [0.29, 0.717) is 9.39 Å². The lowest BCUT2D eigenvalue weighted by atomic mass is 10.1. The van der Waals surface area contributed by atoms with Crippen LogP contribution in [0.25, 0.3) is 5.57 Å². The second-order valence-electron chi connectivity index (χ2n) is 2.76. The number of hydrogen-bond donors (Lipinski definition) is 1. The Balaban J connectivity index is 3.18. The van der Waals surface area contributed by atoms with Crippen LogP contribution in [0.2, 0.25) is 0 Å². The highest BCUT2D eigenvalue weighted by Gasteiger charge is 2.07. The fraction of sp³-hybridized carbons (Fsp3) is 0. The van der Waals surface area contributed by atoms with Gasteiger partial charge in [-0.25, -0.2) is 14.4 Å². The summed E-state index contributed by atoms with van der Waals surface area (Å²) in [5, 5.41) is 0. The Morgan fingerprint density at radius 1 is 1.38 bits per heavy atom. The van der Waals surface area contributed by atoms with Crippen LogP contribution in [-0.4, -0.2) is 9.97 Å². The fourth-order valence-electron chi connectivity index (χ4n) is 0.959. The molecule has 0 saturated heterocycles. The van der Waals surface area contributed by atoms with Crippen molar-refractivity contribution < 1.29 is 8.78 Å². The fourth-order valence-corrected chi connectivity index (χ4v) is 1.38. The summed E-state index contributed by atoms with van der Waals surface area (Å²) in [5.74, 6) is -1.63. The van der Waals surface area contributed by atoms with Gasteiger partial charge in [-0.05, 0) is 40.8 Å². The minimum absolute atomic E-state index is 0.0703. The third-order valence-corrected chi connectivity index (χ3v) is 2.20. The van der Waals surface area contributed by atoms with Gasteiger partial charge in [-0.3, -0.25) is 0 Å². The van der Waals surface area contributed by atoms with Gasteiger partial charge in [0, 0.05) is 5.57 Å². The Kier molecular flexibility index (Phi) is 4.53. The molecule has 0 amide bonds. The molecule has 0 atom stereocenters. The summed E-state index contributed by atoms with van der Waals surface area (Å²) in [6, 6.07) is 1.55. The van der Waals surface area contributed by atoms with E-state index in [4.69, 9.17) is 5.73 Å². The molecule has 0 aromatic carbocycles. The summed E-state index contributed by atoms with van der Waals surface area (Å²) < 4.78 is 26.1. The minimum atomic E-state index is -0.914. The molecule has 0 spiro atoms. The first-order valence-electron chi connectivity index (χ1n) is 4.16. The molecule has 0 saturated carbocycles. The van der Waals surface area contributed by atoms with E-state index in [0.717, 1.165) is 6.08 Å². The van der Waals surface area contributed by atoms with Crippen LogP contribution in [0.5, 0.6) is 0 Å². The number of halogens is 3. The molecule has 0 unspecified atom stereocenters. The van der Waals surface area contributed by atoms with Crippen molar-refractivity contribution in [3.63, 3.8) is 0 Å². The lowest BCUT2D eigenvalue weighted by molar-refractivity contribution is 0.627. The van der Waals surface area contributed by atoms with Gasteiger partial charge in [0.2, 0.25) is 0 Å². The molecule has 0 aliphatic carbocycles. The molecule has 0 fully saturated rings. The van der Waals surface area contributed by atoms with E-state index in [9.17, 15) is 8.78 Å². The van der Waals surface area contributed by atoms with Crippen LogP contribution in [0, 0.1) is 3.70 Å². The van der Waals surface area contributed by atoms with Gasteiger partial charge in [0.1, 0.15) is 15.9 Å². The Hall–Kier alpha value is -1.31. The molecule has 0 radical (unpaired) electrons. The van der Waals surface area contributed by atoms with Gasteiger partial charge in [0.25, 0.3) is 0 Å². The highest BCUT2D eigenvalue weighted by atomic mass is 127. The third kappa shape index (κ3) is 3.69. The summed E-state index contributed by atoms with van der Waals surface area (Å²) in [5.41, 5.74) is 5.21. The zero-order valence-electron chi connectivity index (χ0n) is 8.12. The van der Waals surface area contributed by atoms with E-state index in [2.05, 4.69) is 16.5 Å². The van der Waals surface area contributed by atoms with Crippen molar-refractivity contribution in [2.45, 2.75) is 0 Å². The summed E-state index contributed by atoms with van der Waals surface area (Å²) in [6.07, 6.45) is 3.40. The molecule has 0 aliphatic rings. The standard InChI is InChI=1S/C10H8F2IN3/c1-6(11)7(2-3-9(12)14)8-4-10(13)16-5-15-8/h2-5H,1,14H2/b7-2+,9-3-. The van der Waals surface area contributed by atoms with Crippen LogP contribution in [0.4, 0.5) is 8.78 Å². The Labute approximate surface area is 105 Å². The quantitative estimate of drug-likeness (QED) is 0.400. The monoisotopic (exact) mass is 335 g/mol. The van der Waals surface area contributed by atoms with Gasteiger partial charge < -0.3 is 5.73 Å². The second kappa shape index (κ2) is 5.69. The Morgan fingerprint density at radius 3 is 2.56 bits per heavy atom. The van der Waals surface area contributed by atoms with Crippen molar-refractivity contribution in [2.75, 3.05) is 0 Å². The van der Waals surface area contributed by atoms with Gasteiger partial charge in [-0.2, -0.15) is 4.39 Å². The van der Waals surface area contributed by atoms with Crippen LogP contribution < -0.4 is 5.73 Å². The predicted molar refractivity (Wildman–Crippen MR) is 66.4 cm³/mol. The first-order valence-corrected chi connectivity index (χ1v) is 5.24. The normalized spacial score (nSPS) is 12.7. The topological polar surface area (TPSA) is 51.8 Å². The maximum Gasteiger partial charge on any atom is 0.184 e. The number of allylic oxidation sites excluding steroid dienone is 4. The summed E-state index contributed by atoms with van der Waals surface area (Å²) in [6.45, 7) is 3.15. The molecule has 6 heteroatoms. The Morgan fingerprint density at radius 2 is 2.06 bits per heavy atom. The number of nitrogens with two attached hydrogens (primary N) is 1. The molecule has 1 heterocycles. The zero-order valence-corrected chi connectivity index (χ0v) is 10.3. The van der Waals surface area contributed by atoms with E-state index in [-0.39, 0.29) is 5.57 Å². The van der Waals surface area contributed by atoms with Crippen molar-refractivity contribution in [3.05, 3.63) is 52.3 Å². The Bertz CT molecular complexity index is 465. The molecule has 0 aliphatic heterocycles. The largest absolute Gasteiger partial charge is 0.376 e. The lowest BCUT2D eigenvalue weighted by Gasteiger charge is -2.02. The molecule has 2 N–H and O–H groups in total.